The molecule has 0 bridgehead atoms. The standard InChI is InChI=1S/C17H25ClN2O4S.ClH/c18-14-4-5-16(24-12-13-6-8-23-11-13)17(9-14)25(21,22)20-7-2-1-3-15(20)10-19;/h4-5,9,13,15H,1-3,6-8,10-12,19H2;1H. The second-order valence-corrected chi connectivity index (χ2v) is 8.93. The Labute approximate surface area is 166 Å². The van der Waals surface area contributed by atoms with Crippen molar-refractivity contribution in [2.24, 2.45) is 11.7 Å². The Hall–Kier alpha value is -0.570. The van der Waals surface area contributed by atoms with E-state index in [-0.39, 0.29) is 29.3 Å². The highest BCUT2D eigenvalue weighted by atomic mass is 35.5. The number of nitrogens with zero attached hydrogens (tertiary/aromatic N) is 1. The third kappa shape index (κ3) is 4.82. The van der Waals surface area contributed by atoms with Crippen LogP contribution >= 0.6 is 24.0 Å². The summed E-state index contributed by atoms with van der Waals surface area (Å²) in [7, 11) is -3.71. The lowest BCUT2D eigenvalue weighted by Gasteiger charge is -2.34. The fourth-order valence-corrected chi connectivity index (χ4v) is 5.48. The predicted octanol–water partition coefficient (Wildman–Crippen LogP) is 2.68. The Morgan fingerprint density at radius 2 is 2.12 bits per heavy atom. The Morgan fingerprint density at radius 1 is 1.31 bits per heavy atom. The molecule has 3 rings (SSSR count). The average molecular weight is 425 g/mol. The molecule has 0 amide bonds. The minimum atomic E-state index is -3.71. The number of hydrogen-bond donors (Lipinski definition) is 1. The first-order valence-electron chi connectivity index (χ1n) is 8.74. The van der Waals surface area contributed by atoms with Gasteiger partial charge in [-0.25, -0.2) is 8.42 Å². The predicted molar refractivity (Wildman–Crippen MR) is 104 cm³/mol. The smallest absolute Gasteiger partial charge is 0.247 e. The molecule has 2 saturated heterocycles. The number of ether oxygens (including phenoxy) is 2. The van der Waals surface area contributed by atoms with E-state index in [9.17, 15) is 8.42 Å². The van der Waals surface area contributed by atoms with Gasteiger partial charge in [0.25, 0.3) is 0 Å². The van der Waals surface area contributed by atoms with E-state index in [0.29, 0.717) is 37.1 Å². The second kappa shape index (κ2) is 9.57. The molecule has 148 valence electrons. The molecular formula is C17H26Cl2N2O4S. The summed E-state index contributed by atoms with van der Waals surface area (Å²) in [6.07, 6.45) is 3.54. The first-order chi connectivity index (χ1) is 12.0. The van der Waals surface area contributed by atoms with Crippen LogP contribution in [0.4, 0.5) is 0 Å². The monoisotopic (exact) mass is 424 g/mol. The summed E-state index contributed by atoms with van der Waals surface area (Å²) < 4.78 is 39.2. The van der Waals surface area contributed by atoms with Gasteiger partial charge in [0.2, 0.25) is 10.0 Å². The zero-order valence-corrected chi connectivity index (χ0v) is 17.0. The van der Waals surface area contributed by atoms with Crippen LogP contribution in [0.25, 0.3) is 0 Å². The van der Waals surface area contributed by atoms with Crippen LogP contribution in [0.1, 0.15) is 25.7 Å². The quantitative estimate of drug-likeness (QED) is 0.758. The molecule has 1 aromatic rings. The van der Waals surface area contributed by atoms with Gasteiger partial charge in [0.05, 0.1) is 13.2 Å². The lowest BCUT2D eigenvalue weighted by molar-refractivity contribution is 0.166. The van der Waals surface area contributed by atoms with E-state index < -0.39 is 10.0 Å². The highest BCUT2D eigenvalue weighted by Crippen LogP contribution is 2.33. The van der Waals surface area contributed by atoms with Crippen molar-refractivity contribution in [3.05, 3.63) is 23.2 Å². The molecule has 0 aromatic heterocycles. The van der Waals surface area contributed by atoms with Gasteiger partial charge in [-0.15, -0.1) is 12.4 Å². The third-order valence-electron chi connectivity index (χ3n) is 4.84. The molecule has 2 aliphatic heterocycles. The Balaban J connectivity index is 0.00000243. The third-order valence-corrected chi connectivity index (χ3v) is 7.04. The highest BCUT2D eigenvalue weighted by molar-refractivity contribution is 7.89. The SMILES string of the molecule is Cl.NCC1CCCCN1S(=O)(=O)c1cc(Cl)ccc1OCC1CCOC1. The first-order valence-corrected chi connectivity index (χ1v) is 10.6. The fraction of sp³-hybridized carbons (Fsp3) is 0.647. The van der Waals surface area contributed by atoms with Crippen LogP contribution in [0.15, 0.2) is 23.1 Å². The maximum absolute atomic E-state index is 13.2. The van der Waals surface area contributed by atoms with E-state index in [1.807, 2.05) is 0 Å². The largest absolute Gasteiger partial charge is 0.492 e. The number of sulfonamides is 1. The van der Waals surface area contributed by atoms with Crippen LogP contribution in [-0.4, -0.2) is 51.7 Å². The summed E-state index contributed by atoms with van der Waals surface area (Å²) >= 11 is 6.08. The van der Waals surface area contributed by atoms with Crippen molar-refractivity contribution in [1.29, 1.82) is 0 Å². The topological polar surface area (TPSA) is 81.9 Å². The zero-order valence-electron chi connectivity index (χ0n) is 14.6. The van der Waals surface area contributed by atoms with Crippen molar-refractivity contribution in [3.63, 3.8) is 0 Å². The van der Waals surface area contributed by atoms with E-state index in [2.05, 4.69) is 0 Å². The summed E-state index contributed by atoms with van der Waals surface area (Å²) in [6.45, 7) is 2.61. The van der Waals surface area contributed by atoms with E-state index in [0.717, 1.165) is 32.3 Å². The van der Waals surface area contributed by atoms with Gasteiger partial charge < -0.3 is 15.2 Å². The van der Waals surface area contributed by atoms with Crippen LogP contribution in [-0.2, 0) is 14.8 Å². The molecule has 2 aliphatic rings. The van der Waals surface area contributed by atoms with Gasteiger partial charge in [0.1, 0.15) is 10.6 Å². The molecule has 0 aliphatic carbocycles. The molecule has 2 fully saturated rings. The summed E-state index contributed by atoms with van der Waals surface area (Å²) in [6, 6.07) is 4.58. The summed E-state index contributed by atoms with van der Waals surface area (Å²) in [4.78, 5) is 0.124. The van der Waals surface area contributed by atoms with Gasteiger partial charge >= 0.3 is 0 Å². The van der Waals surface area contributed by atoms with Gasteiger partial charge in [-0.2, -0.15) is 4.31 Å². The number of benzene rings is 1. The van der Waals surface area contributed by atoms with Crippen LogP contribution in [0.5, 0.6) is 5.75 Å². The molecule has 6 nitrogen and oxygen atoms in total. The molecule has 26 heavy (non-hydrogen) atoms. The Morgan fingerprint density at radius 3 is 2.81 bits per heavy atom. The molecule has 2 heterocycles. The van der Waals surface area contributed by atoms with Crippen molar-refractivity contribution in [3.8, 4) is 5.75 Å². The van der Waals surface area contributed by atoms with Crippen LogP contribution in [0.3, 0.4) is 0 Å². The summed E-state index contributed by atoms with van der Waals surface area (Å²) in [5, 5.41) is 0.372. The van der Waals surface area contributed by atoms with E-state index >= 15 is 0 Å². The molecule has 2 unspecified atom stereocenters. The Kier molecular flexibility index (Phi) is 8.00. The van der Waals surface area contributed by atoms with Gasteiger partial charge in [-0.05, 0) is 37.5 Å². The van der Waals surface area contributed by atoms with Crippen LogP contribution in [0.2, 0.25) is 5.02 Å². The molecule has 0 radical (unpaired) electrons. The second-order valence-electron chi connectivity index (χ2n) is 6.63. The maximum atomic E-state index is 13.2. The van der Waals surface area contributed by atoms with Gasteiger partial charge in [0.15, 0.2) is 0 Å². The lowest BCUT2D eigenvalue weighted by atomic mass is 10.1. The van der Waals surface area contributed by atoms with Crippen LogP contribution in [0, 0.1) is 5.92 Å². The number of nitrogens with two attached hydrogens (primary N) is 1. The maximum Gasteiger partial charge on any atom is 0.247 e. The van der Waals surface area contributed by atoms with Gasteiger partial charge in [0, 0.05) is 36.7 Å². The number of rotatable bonds is 6. The van der Waals surface area contributed by atoms with E-state index in [4.69, 9.17) is 26.8 Å². The zero-order chi connectivity index (χ0) is 17.9. The van der Waals surface area contributed by atoms with Gasteiger partial charge in [-0.1, -0.05) is 18.0 Å². The molecule has 9 heteroatoms. The highest BCUT2D eigenvalue weighted by Gasteiger charge is 2.35. The van der Waals surface area contributed by atoms with Crippen molar-refractivity contribution in [2.75, 3.05) is 32.9 Å². The number of halogens is 2. The molecular weight excluding hydrogens is 399 g/mol. The minimum absolute atomic E-state index is 0. The normalized spacial score (nSPS) is 24.2. The number of hydrogen-bond acceptors (Lipinski definition) is 5. The van der Waals surface area contributed by atoms with Crippen molar-refractivity contribution < 1.29 is 17.9 Å². The molecule has 0 saturated carbocycles. The number of piperidine rings is 1. The van der Waals surface area contributed by atoms with Gasteiger partial charge in [-0.3, -0.25) is 0 Å². The first kappa shape index (κ1) is 21.7. The lowest BCUT2D eigenvalue weighted by Crippen LogP contribution is -2.47. The van der Waals surface area contributed by atoms with Crippen molar-refractivity contribution >= 4 is 34.0 Å². The summed E-state index contributed by atoms with van der Waals surface area (Å²) in [5.41, 5.74) is 5.80. The molecule has 0 spiro atoms. The Bertz CT molecular complexity index is 696. The average Bonchev–Trinajstić information content (AvgIpc) is 3.14. The molecule has 2 atom stereocenters. The van der Waals surface area contributed by atoms with E-state index in [1.165, 1.54) is 10.4 Å². The summed E-state index contributed by atoms with van der Waals surface area (Å²) in [5.74, 6) is 0.635. The van der Waals surface area contributed by atoms with Crippen molar-refractivity contribution in [2.45, 2.75) is 36.6 Å². The van der Waals surface area contributed by atoms with Crippen LogP contribution < -0.4 is 10.5 Å². The molecule has 2 N–H and O–H groups in total. The van der Waals surface area contributed by atoms with E-state index in [1.54, 1.807) is 12.1 Å². The minimum Gasteiger partial charge on any atom is -0.492 e. The molecule has 1 aromatic carbocycles. The fourth-order valence-electron chi connectivity index (χ4n) is 3.38. The van der Waals surface area contributed by atoms with Crippen molar-refractivity contribution in [1.82, 2.24) is 4.31 Å².